The molecule has 102 valence electrons. The lowest BCUT2D eigenvalue weighted by Gasteiger charge is -2.25. The average molecular weight is 269 g/mol. The van der Waals surface area contributed by atoms with Crippen LogP contribution in [0.5, 0.6) is 0 Å². The van der Waals surface area contributed by atoms with Crippen LogP contribution >= 0.6 is 11.3 Å². The van der Waals surface area contributed by atoms with Gasteiger partial charge < -0.3 is 10.0 Å². The van der Waals surface area contributed by atoms with Crippen molar-refractivity contribution < 1.29 is 9.90 Å². The summed E-state index contributed by atoms with van der Waals surface area (Å²) in [6.07, 6.45) is 2.11. The second kappa shape index (κ2) is 5.85. The lowest BCUT2D eigenvalue weighted by molar-refractivity contribution is 0.0370. The molecule has 3 nitrogen and oxygen atoms in total. The van der Waals surface area contributed by atoms with Gasteiger partial charge in [0.15, 0.2) is 0 Å². The van der Waals surface area contributed by atoms with E-state index >= 15 is 0 Å². The van der Waals surface area contributed by atoms with E-state index in [1.807, 2.05) is 6.07 Å². The largest absolute Gasteiger partial charge is 0.389 e. The molecule has 0 radical (unpaired) electrons. The van der Waals surface area contributed by atoms with Gasteiger partial charge in [-0.1, -0.05) is 13.3 Å². The molecule has 0 aliphatic heterocycles. The molecule has 1 aromatic rings. The molecular weight excluding hydrogens is 246 g/mol. The Bertz CT molecular complexity index is 418. The van der Waals surface area contributed by atoms with Gasteiger partial charge in [0.2, 0.25) is 0 Å². The third kappa shape index (κ3) is 4.10. The van der Waals surface area contributed by atoms with E-state index < -0.39 is 5.60 Å². The molecule has 0 saturated heterocycles. The van der Waals surface area contributed by atoms with Gasteiger partial charge in [-0.05, 0) is 38.8 Å². The smallest absolute Gasteiger partial charge is 0.263 e. The van der Waals surface area contributed by atoms with E-state index in [0.29, 0.717) is 6.54 Å². The van der Waals surface area contributed by atoms with Gasteiger partial charge in [-0.3, -0.25) is 4.79 Å². The Morgan fingerprint density at radius 1 is 1.50 bits per heavy atom. The Morgan fingerprint density at radius 2 is 2.11 bits per heavy atom. The fourth-order valence-corrected chi connectivity index (χ4v) is 3.05. The van der Waals surface area contributed by atoms with Gasteiger partial charge in [0.25, 0.3) is 5.91 Å². The summed E-state index contributed by atoms with van der Waals surface area (Å²) < 4.78 is 0. The minimum Gasteiger partial charge on any atom is -0.389 e. The Balaban J connectivity index is 2.81. The van der Waals surface area contributed by atoms with Crippen molar-refractivity contribution in [2.75, 3.05) is 13.6 Å². The Labute approximate surface area is 113 Å². The zero-order valence-corrected chi connectivity index (χ0v) is 12.7. The summed E-state index contributed by atoms with van der Waals surface area (Å²) in [4.78, 5) is 15.8. The third-order valence-electron chi connectivity index (χ3n) is 2.72. The monoisotopic (exact) mass is 269 g/mol. The highest BCUT2D eigenvalue weighted by Crippen LogP contribution is 2.24. The summed E-state index contributed by atoms with van der Waals surface area (Å²) in [5.74, 6) is -0.00687. The van der Waals surface area contributed by atoms with Gasteiger partial charge in [-0.25, -0.2) is 0 Å². The maximum Gasteiger partial charge on any atom is 0.263 e. The number of carbonyl (C=O) groups is 1. The number of rotatable bonds is 5. The predicted molar refractivity (Wildman–Crippen MR) is 76.3 cm³/mol. The number of nitrogens with zero attached hydrogens (tertiary/aromatic N) is 1. The first-order valence-corrected chi connectivity index (χ1v) is 7.13. The van der Waals surface area contributed by atoms with Crippen LogP contribution in [0.4, 0.5) is 0 Å². The molecule has 1 amide bonds. The first-order chi connectivity index (χ1) is 8.24. The Morgan fingerprint density at radius 3 is 2.61 bits per heavy atom. The molecule has 4 heteroatoms. The molecule has 0 saturated carbocycles. The fourth-order valence-electron chi connectivity index (χ4n) is 1.98. The number of aryl methyl sites for hydroxylation is 2. The molecule has 1 N–H and O–H groups in total. The van der Waals surface area contributed by atoms with Crippen LogP contribution in [0.25, 0.3) is 0 Å². The molecule has 0 bridgehead atoms. The van der Waals surface area contributed by atoms with Crippen LogP contribution < -0.4 is 0 Å². The number of thiophene rings is 1. The number of likely N-dealkylation sites (N-methyl/N-ethyl adjacent to an activating group) is 1. The quantitative estimate of drug-likeness (QED) is 0.893. The molecule has 0 aliphatic carbocycles. The molecule has 0 unspecified atom stereocenters. The highest BCUT2D eigenvalue weighted by Gasteiger charge is 2.22. The second-order valence-corrected chi connectivity index (χ2v) is 6.67. The SMILES string of the molecule is CCCc1cc(C(=O)N(C)CC(C)(C)O)sc1C. The van der Waals surface area contributed by atoms with Crippen LogP contribution in [0, 0.1) is 6.92 Å². The molecule has 0 aromatic carbocycles. The van der Waals surface area contributed by atoms with Gasteiger partial charge in [-0.15, -0.1) is 11.3 Å². The summed E-state index contributed by atoms with van der Waals surface area (Å²) in [5.41, 5.74) is 0.408. The van der Waals surface area contributed by atoms with E-state index in [4.69, 9.17) is 0 Å². The van der Waals surface area contributed by atoms with Crippen LogP contribution in [-0.2, 0) is 6.42 Å². The third-order valence-corrected chi connectivity index (χ3v) is 3.80. The van der Waals surface area contributed by atoms with E-state index in [9.17, 15) is 9.90 Å². The van der Waals surface area contributed by atoms with Gasteiger partial charge in [-0.2, -0.15) is 0 Å². The molecule has 1 rings (SSSR count). The van der Waals surface area contributed by atoms with E-state index in [0.717, 1.165) is 17.7 Å². The van der Waals surface area contributed by atoms with Crippen molar-refractivity contribution in [1.29, 1.82) is 0 Å². The molecule has 1 heterocycles. The summed E-state index contributed by atoms with van der Waals surface area (Å²) in [7, 11) is 1.73. The molecule has 0 spiro atoms. The van der Waals surface area contributed by atoms with Crippen LogP contribution in [0.2, 0.25) is 0 Å². The van der Waals surface area contributed by atoms with E-state index in [1.165, 1.54) is 10.4 Å². The average Bonchev–Trinajstić information content (AvgIpc) is 2.57. The molecule has 0 fully saturated rings. The van der Waals surface area contributed by atoms with E-state index in [2.05, 4.69) is 13.8 Å². The highest BCUT2D eigenvalue weighted by molar-refractivity contribution is 7.14. The van der Waals surface area contributed by atoms with Crippen LogP contribution in [0.3, 0.4) is 0 Å². The topological polar surface area (TPSA) is 40.5 Å². The lowest BCUT2D eigenvalue weighted by Crippen LogP contribution is -2.39. The maximum atomic E-state index is 12.2. The minimum atomic E-state index is -0.858. The lowest BCUT2D eigenvalue weighted by atomic mass is 10.1. The first kappa shape index (κ1) is 15.2. The van der Waals surface area contributed by atoms with Crippen molar-refractivity contribution in [2.45, 2.75) is 46.1 Å². The van der Waals surface area contributed by atoms with Crippen LogP contribution in [-0.4, -0.2) is 35.1 Å². The normalized spacial score (nSPS) is 11.7. The molecular formula is C14H23NO2S. The number of amides is 1. The van der Waals surface area contributed by atoms with Crippen molar-refractivity contribution in [1.82, 2.24) is 4.90 Å². The molecule has 0 atom stereocenters. The predicted octanol–water partition coefficient (Wildman–Crippen LogP) is 2.85. The van der Waals surface area contributed by atoms with Gasteiger partial charge in [0, 0.05) is 18.5 Å². The minimum absolute atomic E-state index is 0.00687. The molecule has 18 heavy (non-hydrogen) atoms. The maximum absolute atomic E-state index is 12.2. The van der Waals surface area contributed by atoms with E-state index in [1.54, 1.807) is 37.1 Å². The summed E-state index contributed by atoms with van der Waals surface area (Å²) in [5, 5.41) is 9.74. The summed E-state index contributed by atoms with van der Waals surface area (Å²) >= 11 is 1.54. The number of aliphatic hydroxyl groups is 1. The van der Waals surface area contributed by atoms with E-state index in [-0.39, 0.29) is 5.91 Å². The van der Waals surface area contributed by atoms with Gasteiger partial charge in [0.1, 0.15) is 0 Å². The zero-order chi connectivity index (χ0) is 13.9. The van der Waals surface area contributed by atoms with Crippen LogP contribution in [0.15, 0.2) is 6.07 Å². The number of hydrogen-bond acceptors (Lipinski definition) is 3. The Kier molecular flexibility index (Phi) is 4.93. The van der Waals surface area contributed by atoms with Crippen molar-refractivity contribution in [2.24, 2.45) is 0 Å². The number of carbonyl (C=O) groups excluding carboxylic acids is 1. The fraction of sp³-hybridized carbons (Fsp3) is 0.643. The van der Waals surface area contributed by atoms with Crippen molar-refractivity contribution >= 4 is 17.2 Å². The van der Waals surface area contributed by atoms with Crippen molar-refractivity contribution in [3.63, 3.8) is 0 Å². The van der Waals surface area contributed by atoms with Crippen molar-refractivity contribution in [3.8, 4) is 0 Å². The molecule has 1 aromatic heterocycles. The number of hydrogen-bond donors (Lipinski definition) is 1. The zero-order valence-electron chi connectivity index (χ0n) is 11.9. The van der Waals surface area contributed by atoms with Gasteiger partial charge in [0.05, 0.1) is 10.5 Å². The second-order valence-electron chi connectivity index (χ2n) is 5.42. The standard InChI is InChI=1S/C14H23NO2S/c1-6-7-11-8-12(18-10(11)2)13(16)15(5)9-14(3,4)17/h8,17H,6-7,9H2,1-5H3. The first-order valence-electron chi connectivity index (χ1n) is 6.31. The highest BCUT2D eigenvalue weighted by atomic mass is 32.1. The van der Waals surface area contributed by atoms with Crippen LogP contribution in [0.1, 0.15) is 47.3 Å². The van der Waals surface area contributed by atoms with Gasteiger partial charge >= 0.3 is 0 Å². The summed E-state index contributed by atoms with van der Waals surface area (Å²) in [6, 6.07) is 1.99. The Hall–Kier alpha value is -0.870. The van der Waals surface area contributed by atoms with Crippen molar-refractivity contribution in [3.05, 3.63) is 21.4 Å². The summed E-state index contributed by atoms with van der Waals surface area (Å²) in [6.45, 7) is 7.95. The molecule has 0 aliphatic rings.